The van der Waals surface area contributed by atoms with E-state index in [9.17, 15) is 13.2 Å². The molecule has 0 aliphatic rings. The summed E-state index contributed by atoms with van der Waals surface area (Å²) in [6.07, 6.45) is -5.43. The van der Waals surface area contributed by atoms with Gasteiger partial charge in [0.25, 0.3) is 0 Å². The minimum atomic E-state index is -4.60. The van der Waals surface area contributed by atoms with Gasteiger partial charge < -0.3 is 9.47 Å². The lowest BCUT2D eigenvalue weighted by molar-refractivity contribution is -0.137. The van der Waals surface area contributed by atoms with Crippen molar-refractivity contribution < 1.29 is 22.6 Å². The summed E-state index contributed by atoms with van der Waals surface area (Å²) in [6.45, 7) is 1.48. The predicted octanol–water partition coefficient (Wildman–Crippen LogP) is 5.97. The first-order valence-corrected chi connectivity index (χ1v) is 7.75. The second-order valence-electron chi connectivity index (χ2n) is 5.03. The zero-order valence-corrected chi connectivity index (χ0v) is 14.6. The van der Waals surface area contributed by atoms with Crippen LogP contribution in [0.5, 0.6) is 17.2 Å². The van der Waals surface area contributed by atoms with Gasteiger partial charge in [-0.1, -0.05) is 23.2 Å². The third-order valence-corrected chi connectivity index (χ3v) is 3.67. The third kappa shape index (κ3) is 4.51. The minimum Gasteiger partial charge on any atom is -0.474 e. The Kier molecular flexibility index (Phi) is 5.86. The molecular weight excluding hydrogens is 392 g/mol. The van der Waals surface area contributed by atoms with Crippen LogP contribution in [0.2, 0.25) is 10.0 Å². The van der Waals surface area contributed by atoms with Gasteiger partial charge in [-0.2, -0.15) is 23.7 Å². The van der Waals surface area contributed by atoms with Crippen LogP contribution in [0.15, 0.2) is 30.3 Å². The molecule has 0 N–H and O–H groups in total. The number of hydrogen-bond donors (Lipinski definition) is 0. The van der Waals surface area contributed by atoms with Gasteiger partial charge in [-0.05, 0) is 31.2 Å². The van der Waals surface area contributed by atoms with E-state index in [1.165, 1.54) is 25.1 Å². The van der Waals surface area contributed by atoms with Crippen molar-refractivity contribution in [1.29, 1.82) is 10.5 Å². The molecule has 0 spiro atoms. The van der Waals surface area contributed by atoms with E-state index in [0.29, 0.717) is 12.1 Å². The van der Waals surface area contributed by atoms with Crippen LogP contribution in [-0.4, -0.2) is 6.10 Å². The van der Waals surface area contributed by atoms with Gasteiger partial charge in [0.15, 0.2) is 11.9 Å². The highest BCUT2D eigenvalue weighted by molar-refractivity contribution is 6.37. The average Bonchev–Trinajstić information content (AvgIpc) is 2.57. The van der Waals surface area contributed by atoms with Crippen LogP contribution in [0, 0.1) is 22.7 Å². The summed E-state index contributed by atoms with van der Waals surface area (Å²) in [4.78, 5) is 0. The average molecular weight is 401 g/mol. The molecule has 2 rings (SSSR count). The summed E-state index contributed by atoms with van der Waals surface area (Å²) in [6, 6.07) is 9.23. The van der Waals surface area contributed by atoms with E-state index < -0.39 is 17.8 Å². The second kappa shape index (κ2) is 7.74. The monoisotopic (exact) mass is 400 g/mol. The van der Waals surface area contributed by atoms with Gasteiger partial charge in [0.2, 0.25) is 0 Å². The molecule has 1 unspecified atom stereocenters. The number of nitriles is 2. The fraction of sp³-hybridized carbons (Fsp3) is 0.176. The highest BCUT2D eigenvalue weighted by atomic mass is 35.5. The van der Waals surface area contributed by atoms with Crippen LogP contribution >= 0.6 is 23.2 Å². The molecule has 9 heteroatoms. The Bertz CT molecular complexity index is 895. The Hall–Kier alpha value is -2.61. The number of ether oxygens (including phenoxy) is 2. The maximum atomic E-state index is 12.8. The molecule has 0 saturated carbocycles. The van der Waals surface area contributed by atoms with Gasteiger partial charge in [0.05, 0.1) is 21.2 Å². The van der Waals surface area contributed by atoms with Crippen molar-refractivity contribution in [3.63, 3.8) is 0 Å². The third-order valence-electron chi connectivity index (χ3n) is 3.10. The van der Waals surface area contributed by atoms with Crippen LogP contribution in [0.4, 0.5) is 13.2 Å². The molecule has 0 aliphatic carbocycles. The second-order valence-corrected chi connectivity index (χ2v) is 5.84. The molecule has 0 saturated heterocycles. The number of halogens is 5. The van der Waals surface area contributed by atoms with Crippen LogP contribution in [-0.2, 0) is 6.18 Å². The van der Waals surface area contributed by atoms with Gasteiger partial charge >= 0.3 is 6.18 Å². The summed E-state index contributed by atoms with van der Waals surface area (Å²) >= 11 is 11.7. The number of benzene rings is 2. The molecule has 4 nitrogen and oxygen atoms in total. The minimum absolute atomic E-state index is 0.0817. The largest absolute Gasteiger partial charge is 0.474 e. The number of hydrogen-bond acceptors (Lipinski definition) is 4. The molecule has 0 amide bonds. The fourth-order valence-corrected chi connectivity index (χ4v) is 2.48. The van der Waals surface area contributed by atoms with Gasteiger partial charge in [-0.15, -0.1) is 0 Å². The molecule has 0 fully saturated rings. The maximum absolute atomic E-state index is 12.8. The zero-order chi connectivity index (χ0) is 19.5. The van der Waals surface area contributed by atoms with Crippen molar-refractivity contribution >= 4 is 23.2 Å². The van der Waals surface area contributed by atoms with E-state index in [2.05, 4.69) is 0 Å². The number of alkyl halides is 3. The van der Waals surface area contributed by atoms with Gasteiger partial charge in [0, 0.05) is 6.07 Å². The Morgan fingerprint density at radius 2 is 1.69 bits per heavy atom. The highest BCUT2D eigenvalue weighted by Gasteiger charge is 2.32. The first-order chi connectivity index (χ1) is 12.2. The van der Waals surface area contributed by atoms with Crippen molar-refractivity contribution in [3.8, 4) is 29.4 Å². The summed E-state index contributed by atoms with van der Waals surface area (Å²) in [5, 5.41) is 17.2. The van der Waals surface area contributed by atoms with Crippen molar-refractivity contribution in [1.82, 2.24) is 0 Å². The van der Waals surface area contributed by atoms with Crippen molar-refractivity contribution in [2.45, 2.75) is 19.2 Å². The first-order valence-electron chi connectivity index (χ1n) is 7.00. The zero-order valence-electron chi connectivity index (χ0n) is 13.1. The summed E-state index contributed by atoms with van der Waals surface area (Å²) < 4.78 is 49.1. The molecule has 0 radical (unpaired) electrons. The molecule has 0 heterocycles. The Morgan fingerprint density at radius 3 is 2.19 bits per heavy atom. The van der Waals surface area contributed by atoms with E-state index in [-0.39, 0.29) is 32.9 Å². The summed E-state index contributed by atoms with van der Waals surface area (Å²) in [5.41, 5.74) is -0.851. The maximum Gasteiger partial charge on any atom is 0.416 e. The molecule has 2 aromatic rings. The van der Waals surface area contributed by atoms with Crippen molar-refractivity contribution in [3.05, 3.63) is 51.5 Å². The summed E-state index contributed by atoms with van der Waals surface area (Å²) in [5.74, 6) is 0.0243. The predicted molar refractivity (Wildman–Crippen MR) is 88.4 cm³/mol. The van der Waals surface area contributed by atoms with Crippen LogP contribution in [0.25, 0.3) is 0 Å². The van der Waals surface area contributed by atoms with Crippen molar-refractivity contribution in [2.75, 3.05) is 0 Å². The van der Waals surface area contributed by atoms with Gasteiger partial charge in [0.1, 0.15) is 23.6 Å². The summed E-state index contributed by atoms with van der Waals surface area (Å²) in [7, 11) is 0. The lowest BCUT2D eigenvalue weighted by atomic mass is 10.2. The lowest BCUT2D eigenvalue weighted by Gasteiger charge is -2.15. The van der Waals surface area contributed by atoms with E-state index in [1.54, 1.807) is 0 Å². The fourth-order valence-electron chi connectivity index (χ4n) is 1.91. The molecule has 0 aliphatic heterocycles. The van der Waals surface area contributed by atoms with Gasteiger partial charge in [-0.3, -0.25) is 0 Å². The topological polar surface area (TPSA) is 66.0 Å². The number of nitrogens with zero attached hydrogens (tertiary/aromatic N) is 2. The van der Waals surface area contributed by atoms with E-state index in [1.807, 2.05) is 12.1 Å². The van der Waals surface area contributed by atoms with Crippen LogP contribution < -0.4 is 9.47 Å². The van der Waals surface area contributed by atoms with Crippen LogP contribution in [0.3, 0.4) is 0 Å². The first kappa shape index (κ1) is 19.7. The molecule has 1 atom stereocenters. The highest BCUT2D eigenvalue weighted by Crippen LogP contribution is 2.42. The molecule has 0 bridgehead atoms. The lowest BCUT2D eigenvalue weighted by Crippen LogP contribution is -2.09. The Balaban J connectivity index is 2.39. The normalized spacial score (nSPS) is 12.0. The molecular formula is C17H9Cl2F3N2O2. The van der Waals surface area contributed by atoms with E-state index in [0.717, 1.165) is 0 Å². The standard InChI is InChI=1S/C17H9Cl2F3N2O2/c1-9(7-23)25-15-6-12(3-2-10(15)8-24)26-16-13(18)4-11(5-14(16)19)17(20,21)22/h2-6,9H,1H3. The molecule has 0 aromatic heterocycles. The number of rotatable bonds is 4. The Labute approximate surface area is 156 Å². The van der Waals surface area contributed by atoms with Crippen molar-refractivity contribution in [2.24, 2.45) is 0 Å². The molecule has 26 heavy (non-hydrogen) atoms. The van der Waals surface area contributed by atoms with Crippen LogP contribution in [0.1, 0.15) is 18.1 Å². The quantitative estimate of drug-likeness (QED) is 0.634. The SMILES string of the molecule is CC(C#N)Oc1cc(Oc2c(Cl)cc(C(F)(F)F)cc2Cl)ccc1C#N. The molecule has 134 valence electrons. The van der Waals surface area contributed by atoms with Gasteiger partial charge in [-0.25, -0.2) is 0 Å². The van der Waals surface area contributed by atoms with E-state index >= 15 is 0 Å². The smallest absolute Gasteiger partial charge is 0.416 e. The Morgan fingerprint density at radius 1 is 1.08 bits per heavy atom. The van der Waals surface area contributed by atoms with E-state index in [4.69, 9.17) is 43.2 Å². The molecule has 2 aromatic carbocycles.